The molecule has 0 radical (unpaired) electrons. The smallest absolute Gasteiger partial charge is 0.867 e. The largest absolute Gasteiger partial charge is 1.00 e. The zero-order valence-electron chi connectivity index (χ0n) is 6.85. The fourth-order valence-electron chi connectivity index (χ4n) is 0.429. The molecule has 0 aromatic heterocycles. The molecule has 0 spiro atoms. The Bertz CT molecular complexity index is 177. The Morgan fingerprint density at radius 1 is 1.55 bits per heavy atom. The number of thiocarbonyl (C=S) groups is 1. The maximum atomic E-state index is 10.7. The second-order valence-corrected chi connectivity index (χ2v) is 2.53. The van der Waals surface area contributed by atoms with Crippen molar-refractivity contribution in [2.75, 3.05) is 0 Å². The summed E-state index contributed by atoms with van der Waals surface area (Å²) in [5.74, 6) is -0.0850. The molecule has 0 aliphatic rings. The van der Waals surface area contributed by atoms with Crippen LogP contribution in [0.3, 0.4) is 0 Å². The first kappa shape index (κ1) is 13.5. The van der Waals surface area contributed by atoms with Gasteiger partial charge in [-0.15, -0.1) is 12.2 Å². The summed E-state index contributed by atoms with van der Waals surface area (Å²) in [7, 11) is 0. The first-order valence-corrected chi connectivity index (χ1v) is 3.33. The van der Waals surface area contributed by atoms with Crippen LogP contribution in [-0.2, 0) is 4.79 Å². The fraction of sp³-hybridized carbons (Fsp3) is 0.429. The van der Waals surface area contributed by atoms with Crippen LogP contribution in [0.25, 0.3) is 0 Å². The molecule has 0 saturated carbocycles. The second kappa shape index (κ2) is 6.60. The van der Waals surface area contributed by atoms with Crippen molar-refractivity contribution in [2.24, 2.45) is 0 Å². The second-order valence-electron chi connectivity index (χ2n) is 2.08. The SMILES string of the molecule is C=C(C)C(=O)CCC([O-])=S.[Li+]. The molecule has 11 heavy (non-hydrogen) atoms. The van der Waals surface area contributed by atoms with E-state index in [9.17, 15) is 9.90 Å². The van der Waals surface area contributed by atoms with E-state index in [1.807, 2.05) is 0 Å². The van der Waals surface area contributed by atoms with E-state index < -0.39 is 0 Å². The molecule has 0 bridgehead atoms. The summed E-state index contributed by atoms with van der Waals surface area (Å²) in [6.45, 7) is 5.06. The molecule has 2 nitrogen and oxygen atoms in total. The molecule has 0 N–H and O–H groups in total. The number of hydrogen-bond acceptors (Lipinski definition) is 3. The molecule has 0 aliphatic heterocycles. The Balaban J connectivity index is 0. The number of ketones is 1. The van der Waals surface area contributed by atoms with Crippen LogP contribution in [0.5, 0.6) is 0 Å². The average molecular weight is 164 g/mol. The molecule has 0 rings (SSSR count). The molecule has 0 amide bonds. The van der Waals surface area contributed by atoms with Crippen molar-refractivity contribution < 1.29 is 28.8 Å². The van der Waals surface area contributed by atoms with Gasteiger partial charge in [-0.3, -0.25) is 4.79 Å². The summed E-state index contributed by atoms with van der Waals surface area (Å²) in [5.41, 5.74) is 0.483. The quantitative estimate of drug-likeness (QED) is 0.264. The molecule has 4 heteroatoms. The number of allylic oxidation sites excluding steroid dienone is 1. The van der Waals surface area contributed by atoms with E-state index in [0.29, 0.717) is 5.57 Å². The maximum absolute atomic E-state index is 10.7. The van der Waals surface area contributed by atoms with Crippen molar-refractivity contribution in [1.82, 2.24) is 0 Å². The van der Waals surface area contributed by atoms with Crippen LogP contribution in [0.2, 0.25) is 0 Å². The summed E-state index contributed by atoms with van der Waals surface area (Å²) in [6.07, 6.45) is 0.360. The van der Waals surface area contributed by atoms with Gasteiger partial charge in [0.05, 0.1) is 0 Å². The Morgan fingerprint density at radius 3 is 2.27 bits per heavy atom. The molecule has 0 unspecified atom stereocenters. The fourth-order valence-corrected chi connectivity index (χ4v) is 0.531. The van der Waals surface area contributed by atoms with Crippen molar-refractivity contribution in [1.29, 1.82) is 0 Å². The molecular formula is C7H9LiO2S. The van der Waals surface area contributed by atoms with E-state index in [4.69, 9.17) is 0 Å². The molecule has 0 aromatic carbocycles. The van der Waals surface area contributed by atoms with Gasteiger partial charge in [-0.1, -0.05) is 11.6 Å². The van der Waals surface area contributed by atoms with Crippen LogP contribution in [0.1, 0.15) is 19.8 Å². The number of Topliss-reactive ketones (excluding diaryl/α,β-unsaturated/α-hetero) is 1. The van der Waals surface area contributed by atoms with Crippen LogP contribution < -0.4 is 24.0 Å². The van der Waals surface area contributed by atoms with Crippen molar-refractivity contribution in [3.8, 4) is 0 Å². The van der Waals surface area contributed by atoms with Gasteiger partial charge in [-0.2, -0.15) is 0 Å². The van der Waals surface area contributed by atoms with Crippen molar-refractivity contribution >= 4 is 23.1 Å². The van der Waals surface area contributed by atoms with E-state index in [2.05, 4.69) is 18.8 Å². The molecule has 0 saturated heterocycles. The third kappa shape index (κ3) is 7.80. The summed E-state index contributed by atoms with van der Waals surface area (Å²) >= 11 is 4.26. The van der Waals surface area contributed by atoms with Gasteiger partial charge in [0.2, 0.25) is 0 Å². The minimum atomic E-state index is -0.366. The first-order valence-electron chi connectivity index (χ1n) is 2.92. The first-order chi connectivity index (χ1) is 4.54. The van der Waals surface area contributed by atoms with Gasteiger partial charge in [-0.05, 0) is 18.9 Å². The molecule has 0 aromatic rings. The van der Waals surface area contributed by atoms with Gasteiger partial charge in [-0.25, -0.2) is 0 Å². The number of rotatable bonds is 4. The average Bonchev–Trinajstić information content (AvgIpc) is 1.82. The van der Waals surface area contributed by atoms with E-state index in [0.717, 1.165) is 0 Å². The zero-order chi connectivity index (χ0) is 8.15. The van der Waals surface area contributed by atoms with Crippen molar-refractivity contribution in [3.05, 3.63) is 12.2 Å². The monoisotopic (exact) mass is 164 g/mol. The Morgan fingerprint density at radius 2 is 2.00 bits per heavy atom. The zero-order valence-corrected chi connectivity index (χ0v) is 7.66. The summed E-state index contributed by atoms with van der Waals surface area (Å²) in [4.78, 5) is 10.7. The molecule has 0 fully saturated rings. The maximum Gasteiger partial charge on any atom is 1.00 e. The minimum Gasteiger partial charge on any atom is -0.867 e. The molecule has 0 heterocycles. The van der Waals surface area contributed by atoms with Crippen molar-refractivity contribution in [2.45, 2.75) is 19.8 Å². The van der Waals surface area contributed by atoms with Gasteiger partial charge >= 0.3 is 18.9 Å². The number of carbonyl (C=O) groups excluding carboxylic acids is 1. The van der Waals surface area contributed by atoms with E-state index in [-0.39, 0.29) is 42.5 Å². The Labute approximate surface area is 83.9 Å². The van der Waals surface area contributed by atoms with Crippen LogP contribution >= 0.6 is 12.2 Å². The van der Waals surface area contributed by atoms with Crippen LogP contribution in [0, 0.1) is 0 Å². The van der Waals surface area contributed by atoms with Crippen LogP contribution in [-0.4, -0.2) is 10.8 Å². The topological polar surface area (TPSA) is 40.1 Å². The van der Waals surface area contributed by atoms with E-state index in [1.165, 1.54) is 0 Å². The third-order valence-electron chi connectivity index (χ3n) is 1.03. The summed E-state index contributed by atoms with van der Waals surface area (Å²) in [5, 5.41) is 9.84. The number of carbonyl (C=O) groups is 1. The van der Waals surface area contributed by atoms with Gasteiger partial charge in [0.25, 0.3) is 0 Å². The standard InChI is InChI=1S/C7H10O2S.Li/c1-5(2)6(8)3-4-7(9)10;/h1,3-4H2,2H3,(H,9,10);/q;+1/p-1. The van der Waals surface area contributed by atoms with E-state index in [1.54, 1.807) is 6.92 Å². The third-order valence-corrected chi connectivity index (χ3v) is 1.24. The minimum absolute atomic E-state index is 0. The van der Waals surface area contributed by atoms with Crippen LogP contribution in [0.15, 0.2) is 12.2 Å². The normalized spacial score (nSPS) is 8.09. The van der Waals surface area contributed by atoms with Crippen molar-refractivity contribution in [3.63, 3.8) is 0 Å². The van der Waals surface area contributed by atoms with E-state index >= 15 is 0 Å². The molecule has 56 valence electrons. The molecular weight excluding hydrogens is 155 g/mol. The summed E-state index contributed by atoms with van der Waals surface area (Å²) in [6, 6.07) is 0. The Hall–Kier alpha value is -0.103. The van der Waals surface area contributed by atoms with Gasteiger partial charge in [0.15, 0.2) is 5.78 Å². The Kier molecular flexibility index (Phi) is 8.09. The van der Waals surface area contributed by atoms with Gasteiger partial charge in [0.1, 0.15) is 0 Å². The molecule has 0 atom stereocenters. The molecule has 0 aliphatic carbocycles. The predicted octanol–water partition coefficient (Wildman–Crippen LogP) is -2.40. The van der Waals surface area contributed by atoms with Gasteiger partial charge in [0, 0.05) is 6.42 Å². The van der Waals surface area contributed by atoms with Crippen LogP contribution in [0.4, 0.5) is 0 Å². The number of hydrogen-bond donors (Lipinski definition) is 0. The predicted molar refractivity (Wildman–Crippen MR) is 41.7 cm³/mol. The summed E-state index contributed by atoms with van der Waals surface area (Å²) < 4.78 is 0. The van der Waals surface area contributed by atoms with Gasteiger partial charge < -0.3 is 5.11 Å².